The van der Waals surface area contributed by atoms with Gasteiger partial charge in [-0.15, -0.1) is 0 Å². The van der Waals surface area contributed by atoms with Gasteiger partial charge in [-0.3, -0.25) is 14.4 Å². The number of rotatable bonds is 5. The number of amides is 3. The summed E-state index contributed by atoms with van der Waals surface area (Å²) in [4.78, 5) is 41.1. The monoisotopic (exact) mass is 329 g/mol. The molecule has 0 aromatic rings. The van der Waals surface area contributed by atoms with Gasteiger partial charge in [0.05, 0.1) is 7.11 Å². The molecule has 132 valence electrons. The van der Waals surface area contributed by atoms with E-state index in [-0.39, 0.29) is 18.2 Å². The summed E-state index contributed by atoms with van der Waals surface area (Å²) in [5, 5.41) is 6.35. The van der Waals surface area contributed by atoms with Crippen LogP contribution in [-0.4, -0.2) is 55.3 Å². The highest BCUT2D eigenvalue weighted by atomic mass is 16.7. The van der Waals surface area contributed by atoms with E-state index in [1.165, 1.54) is 14.2 Å². The SMILES string of the molecule is CON(C)C(=O)[C@H](C[C@@H]1CCCNC1=O)NC(=O)OC(C)(C)C. The summed E-state index contributed by atoms with van der Waals surface area (Å²) in [6.45, 7) is 5.85. The second-order valence-electron chi connectivity index (χ2n) is 6.58. The van der Waals surface area contributed by atoms with Crippen molar-refractivity contribution in [3.63, 3.8) is 0 Å². The van der Waals surface area contributed by atoms with Crippen molar-refractivity contribution in [3.05, 3.63) is 0 Å². The van der Waals surface area contributed by atoms with Crippen molar-refractivity contribution in [2.24, 2.45) is 5.92 Å². The lowest BCUT2D eigenvalue weighted by Crippen LogP contribution is -2.51. The number of nitrogens with zero attached hydrogens (tertiary/aromatic N) is 1. The van der Waals surface area contributed by atoms with Gasteiger partial charge in [0.15, 0.2) is 0 Å². The predicted octanol–water partition coefficient (Wildman–Crippen LogP) is 0.816. The van der Waals surface area contributed by atoms with Gasteiger partial charge in [0.1, 0.15) is 11.6 Å². The molecule has 3 amide bonds. The zero-order chi connectivity index (χ0) is 17.6. The number of ether oxygens (including phenoxy) is 1. The van der Waals surface area contributed by atoms with E-state index in [1.54, 1.807) is 20.8 Å². The first-order chi connectivity index (χ1) is 10.6. The molecule has 1 aliphatic rings. The zero-order valence-electron chi connectivity index (χ0n) is 14.5. The molecule has 1 aliphatic heterocycles. The van der Waals surface area contributed by atoms with Gasteiger partial charge < -0.3 is 15.4 Å². The van der Waals surface area contributed by atoms with E-state index in [1.807, 2.05) is 0 Å². The highest BCUT2D eigenvalue weighted by Gasteiger charge is 2.32. The van der Waals surface area contributed by atoms with Gasteiger partial charge in [-0.1, -0.05) is 0 Å². The van der Waals surface area contributed by atoms with Crippen molar-refractivity contribution in [1.29, 1.82) is 0 Å². The maximum atomic E-state index is 12.4. The van der Waals surface area contributed by atoms with E-state index in [4.69, 9.17) is 9.57 Å². The third-order valence-electron chi connectivity index (χ3n) is 3.49. The molecule has 0 aliphatic carbocycles. The fourth-order valence-corrected chi connectivity index (χ4v) is 2.33. The molecule has 1 rings (SSSR count). The zero-order valence-corrected chi connectivity index (χ0v) is 14.5. The van der Waals surface area contributed by atoms with Crippen LogP contribution in [0.2, 0.25) is 0 Å². The molecule has 23 heavy (non-hydrogen) atoms. The lowest BCUT2D eigenvalue weighted by Gasteiger charge is -2.29. The minimum absolute atomic E-state index is 0.0971. The second kappa shape index (κ2) is 8.14. The highest BCUT2D eigenvalue weighted by Crippen LogP contribution is 2.19. The molecule has 2 atom stereocenters. The molecular weight excluding hydrogens is 302 g/mol. The van der Waals surface area contributed by atoms with Crippen LogP contribution in [0.4, 0.5) is 4.79 Å². The summed E-state index contributed by atoms with van der Waals surface area (Å²) < 4.78 is 5.19. The van der Waals surface area contributed by atoms with E-state index in [9.17, 15) is 14.4 Å². The van der Waals surface area contributed by atoms with Crippen LogP contribution in [0.5, 0.6) is 0 Å². The van der Waals surface area contributed by atoms with Gasteiger partial charge in [-0.05, 0) is 40.0 Å². The Labute approximate surface area is 136 Å². The number of nitrogens with one attached hydrogen (secondary N) is 2. The first-order valence-electron chi connectivity index (χ1n) is 7.73. The Balaban J connectivity index is 2.78. The summed E-state index contributed by atoms with van der Waals surface area (Å²) >= 11 is 0. The molecule has 0 spiro atoms. The molecule has 0 bridgehead atoms. The van der Waals surface area contributed by atoms with E-state index in [0.717, 1.165) is 11.5 Å². The second-order valence-corrected chi connectivity index (χ2v) is 6.58. The van der Waals surface area contributed by atoms with E-state index >= 15 is 0 Å². The number of alkyl carbamates (subject to hydrolysis) is 1. The molecule has 2 N–H and O–H groups in total. The molecule has 1 saturated heterocycles. The van der Waals surface area contributed by atoms with Gasteiger partial charge in [0, 0.05) is 19.5 Å². The number of hydrogen-bond acceptors (Lipinski definition) is 5. The standard InChI is InChI=1S/C15H27N3O5/c1-15(2,3)23-14(21)17-11(13(20)18(4)22-5)9-10-7-6-8-16-12(10)19/h10-11H,6-9H2,1-5H3,(H,16,19)(H,17,21)/t10-,11-/m0/s1. The van der Waals surface area contributed by atoms with E-state index in [2.05, 4.69) is 10.6 Å². The minimum Gasteiger partial charge on any atom is -0.444 e. The molecular formula is C15H27N3O5. The molecule has 0 aromatic carbocycles. The minimum atomic E-state index is -0.886. The lowest BCUT2D eigenvalue weighted by molar-refractivity contribution is -0.171. The Hall–Kier alpha value is -1.83. The third kappa shape index (κ3) is 6.43. The molecule has 1 heterocycles. The van der Waals surface area contributed by atoms with Crippen molar-refractivity contribution < 1.29 is 24.0 Å². The normalized spacial score (nSPS) is 19.5. The van der Waals surface area contributed by atoms with Crippen molar-refractivity contribution in [2.45, 2.75) is 51.7 Å². The first-order valence-corrected chi connectivity index (χ1v) is 7.73. The predicted molar refractivity (Wildman–Crippen MR) is 83.3 cm³/mol. The maximum absolute atomic E-state index is 12.4. The molecule has 0 unspecified atom stereocenters. The van der Waals surface area contributed by atoms with Crippen LogP contribution in [0.15, 0.2) is 0 Å². The summed E-state index contributed by atoms with van der Waals surface area (Å²) in [6.07, 6.45) is 1.04. The van der Waals surface area contributed by atoms with E-state index in [0.29, 0.717) is 13.0 Å². The summed E-state index contributed by atoms with van der Waals surface area (Å²) in [7, 11) is 2.81. The Kier molecular flexibility index (Phi) is 6.80. The molecule has 1 fully saturated rings. The van der Waals surface area contributed by atoms with Crippen LogP contribution in [-0.2, 0) is 19.2 Å². The smallest absolute Gasteiger partial charge is 0.408 e. The number of hydrogen-bond donors (Lipinski definition) is 2. The largest absolute Gasteiger partial charge is 0.444 e. The van der Waals surface area contributed by atoms with Crippen LogP contribution in [0.1, 0.15) is 40.0 Å². The first kappa shape index (κ1) is 19.2. The van der Waals surface area contributed by atoms with Crippen LogP contribution < -0.4 is 10.6 Å². The average molecular weight is 329 g/mol. The van der Waals surface area contributed by atoms with Gasteiger partial charge in [-0.25, -0.2) is 9.86 Å². The molecule has 8 heteroatoms. The van der Waals surface area contributed by atoms with Gasteiger partial charge in [0.2, 0.25) is 5.91 Å². The fourth-order valence-electron chi connectivity index (χ4n) is 2.33. The number of carbonyl (C=O) groups excluding carboxylic acids is 3. The van der Waals surface area contributed by atoms with Gasteiger partial charge in [0.25, 0.3) is 5.91 Å². The number of likely N-dealkylation sites (N-methyl/N-ethyl adjacent to an activating group) is 1. The summed E-state index contributed by atoms with van der Waals surface area (Å²) in [5.41, 5.74) is -0.674. The highest BCUT2D eigenvalue weighted by molar-refractivity contribution is 5.86. The van der Waals surface area contributed by atoms with Crippen LogP contribution in [0, 0.1) is 5.92 Å². The number of carbonyl (C=O) groups is 3. The quantitative estimate of drug-likeness (QED) is 0.728. The van der Waals surface area contributed by atoms with E-state index < -0.39 is 23.6 Å². The van der Waals surface area contributed by atoms with Crippen LogP contribution >= 0.6 is 0 Å². The number of piperidine rings is 1. The molecule has 0 aromatic heterocycles. The number of hydroxylamine groups is 2. The summed E-state index contributed by atoms with van der Waals surface area (Å²) in [6, 6.07) is -0.886. The molecule has 0 saturated carbocycles. The Bertz CT molecular complexity index is 447. The van der Waals surface area contributed by atoms with Gasteiger partial charge >= 0.3 is 6.09 Å². The third-order valence-corrected chi connectivity index (χ3v) is 3.49. The fraction of sp³-hybridized carbons (Fsp3) is 0.800. The van der Waals surface area contributed by atoms with Crippen molar-refractivity contribution >= 4 is 17.9 Å². The lowest BCUT2D eigenvalue weighted by atomic mass is 9.91. The Morgan fingerprint density at radius 1 is 1.43 bits per heavy atom. The summed E-state index contributed by atoms with van der Waals surface area (Å²) in [5.74, 6) is -0.852. The van der Waals surface area contributed by atoms with Crippen molar-refractivity contribution in [2.75, 3.05) is 20.7 Å². The Morgan fingerprint density at radius 2 is 2.09 bits per heavy atom. The van der Waals surface area contributed by atoms with Crippen LogP contribution in [0.3, 0.4) is 0 Å². The van der Waals surface area contributed by atoms with Gasteiger partial charge in [-0.2, -0.15) is 0 Å². The maximum Gasteiger partial charge on any atom is 0.408 e. The van der Waals surface area contributed by atoms with Crippen molar-refractivity contribution in [3.8, 4) is 0 Å². The average Bonchev–Trinajstić information content (AvgIpc) is 2.45. The van der Waals surface area contributed by atoms with Crippen LogP contribution in [0.25, 0.3) is 0 Å². The Morgan fingerprint density at radius 3 is 2.61 bits per heavy atom. The topological polar surface area (TPSA) is 97.0 Å². The molecule has 8 nitrogen and oxygen atoms in total. The van der Waals surface area contributed by atoms with Crippen molar-refractivity contribution in [1.82, 2.24) is 15.7 Å². The molecule has 0 radical (unpaired) electrons.